The van der Waals surface area contributed by atoms with Crippen LogP contribution in [0.2, 0.25) is 0 Å². The van der Waals surface area contributed by atoms with Gasteiger partial charge in [-0.05, 0) is 26.2 Å². The summed E-state index contributed by atoms with van der Waals surface area (Å²) in [7, 11) is 1.83. The number of rotatable bonds is 4. The Morgan fingerprint density at radius 1 is 1.43 bits per heavy atom. The zero-order chi connectivity index (χ0) is 11.5. The number of hydrogen-bond acceptors (Lipinski definition) is 2. The first-order valence-electron chi connectivity index (χ1n) is 5.27. The highest BCUT2D eigenvalue weighted by atomic mass is 16.2. The average molecular weight is 200 g/mol. The topological polar surface area (TPSA) is 46.3 Å². The Morgan fingerprint density at radius 3 is 2.14 bits per heavy atom. The van der Waals surface area contributed by atoms with Crippen LogP contribution >= 0.6 is 0 Å². The summed E-state index contributed by atoms with van der Waals surface area (Å²) in [6, 6.07) is -0.383. The largest absolute Gasteiger partial charge is 0.339 e. The van der Waals surface area contributed by atoms with Crippen molar-refractivity contribution >= 4 is 5.91 Å². The Kier molecular flexibility index (Phi) is 4.59. The van der Waals surface area contributed by atoms with Gasteiger partial charge in [-0.25, -0.2) is 0 Å². The highest BCUT2D eigenvalue weighted by molar-refractivity contribution is 5.82. The van der Waals surface area contributed by atoms with E-state index in [9.17, 15) is 4.79 Å². The van der Waals surface area contributed by atoms with Gasteiger partial charge in [-0.15, -0.1) is 0 Å². The van der Waals surface area contributed by atoms with Gasteiger partial charge in [-0.2, -0.15) is 0 Å². The lowest BCUT2D eigenvalue weighted by atomic mass is 9.96. The van der Waals surface area contributed by atoms with E-state index in [1.807, 2.05) is 20.9 Å². The van der Waals surface area contributed by atoms with E-state index in [1.165, 1.54) is 0 Å². The molecule has 1 atom stereocenters. The lowest BCUT2D eigenvalue weighted by molar-refractivity contribution is -0.137. The molecule has 0 aliphatic carbocycles. The van der Waals surface area contributed by atoms with Gasteiger partial charge in [0, 0.05) is 12.6 Å². The van der Waals surface area contributed by atoms with Crippen molar-refractivity contribution in [1.82, 2.24) is 4.90 Å². The number of nitrogens with two attached hydrogens (primary N) is 1. The Labute approximate surface area is 87.6 Å². The first-order chi connectivity index (χ1) is 6.24. The molecule has 0 heterocycles. The van der Waals surface area contributed by atoms with Crippen molar-refractivity contribution in [3.63, 3.8) is 0 Å². The minimum Gasteiger partial charge on any atom is -0.339 e. The van der Waals surface area contributed by atoms with Crippen molar-refractivity contribution in [1.29, 1.82) is 0 Å². The zero-order valence-corrected chi connectivity index (χ0v) is 10.3. The van der Waals surface area contributed by atoms with E-state index in [0.29, 0.717) is 0 Å². The fraction of sp³-hybridized carbons (Fsp3) is 0.909. The van der Waals surface area contributed by atoms with Gasteiger partial charge in [-0.1, -0.05) is 20.8 Å². The Balaban J connectivity index is 4.55. The first-order valence-corrected chi connectivity index (χ1v) is 5.27. The Hall–Kier alpha value is -0.570. The van der Waals surface area contributed by atoms with E-state index in [0.717, 1.165) is 6.42 Å². The standard InChI is InChI=1S/C11H24N2O/c1-7-11(4,5)13(6)10(14)9(12)8(2)3/h8-9H,7,12H2,1-6H3. The maximum Gasteiger partial charge on any atom is 0.239 e. The Morgan fingerprint density at radius 2 is 1.86 bits per heavy atom. The van der Waals surface area contributed by atoms with Crippen LogP contribution in [0.3, 0.4) is 0 Å². The molecule has 0 radical (unpaired) electrons. The summed E-state index contributed by atoms with van der Waals surface area (Å²) < 4.78 is 0. The quantitative estimate of drug-likeness (QED) is 0.749. The molecule has 0 spiro atoms. The minimum atomic E-state index is -0.383. The second-order valence-electron chi connectivity index (χ2n) is 4.83. The van der Waals surface area contributed by atoms with Gasteiger partial charge in [-0.3, -0.25) is 4.79 Å². The summed E-state index contributed by atoms with van der Waals surface area (Å²) in [5.74, 6) is 0.226. The lowest BCUT2D eigenvalue weighted by Crippen LogP contribution is -2.52. The van der Waals surface area contributed by atoms with Crippen LogP contribution in [-0.2, 0) is 4.79 Å². The highest BCUT2D eigenvalue weighted by Gasteiger charge is 2.30. The summed E-state index contributed by atoms with van der Waals surface area (Å²) in [5, 5.41) is 0. The van der Waals surface area contributed by atoms with Gasteiger partial charge in [0.1, 0.15) is 0 Å². The van der Waals surface area contributed by atoms with Crippen molar-refractivity contribution in [2.24, 2.45) is 11.7 Å². The van der Waals surface area contributed by atoms with E-state index in [4.69, 9.17) is 5.73 Å². The third-order valence-electron chi connectivity index (χ3n) is 3.11. The highest BCUT2D eigenvalue weighted by Crippen LogP contribution is 2.18. The average Bonchev–Trinajstić information content (AvgIpc) is 2.14. The van der Waals surface area contributed by atoms with Gasteiger partial charge >= 0.3 is 0 Å². The van der Waals surface area contributed by atoms with Crippen LogP contribution in [0, 0.1) is 5.92 Å². The SMILES string of the molecule is CCC(C)(C)N(C)C(=O)C(N)C(C)C. The number of carbonyl (C=O) groups excluding carboxylic acids is 1. The van der Waals surface area contributed by atoms with Gasteiger partial charge in [0.15, 0.2) is 0 Å². The molecule has 0 aromatic carbocycles. The monoisotopic (exact) mass is 200 g/mol. The van der Waals surface area contributed by atoms with Crippen LogP contribution < -0.4 is 5.73 Å². The van der Waals surface area contributed by atoms with Gasteiger partial charge in [0.05, 0.1) is 6.04 Å². The maximum absolute atomic E-state index is 11.9. The Bertz CT molecular complexity index is 199. The fourth-order valence-electron chi connectivity index (χ4n) is 1.04. The van der Waals surface area contributed by atoms with Gasteiger partial charge < -0.3 is 10.6 Å². The molecule has 84 valence electrons. The maximum atomic E-state index is 11.9. The smallest absolute Gasteiger partial charge is 0.239 e. The zero-order valence-electron chi connectivity index (χ0n) is 10.3. The molecule has 0 aliphatic heterocycles. The first kappa shape index (κ1) is 13.4. The predicted octanol–water partition coefficient (Wildman–Crippen LogP) is 1.62. The van der Waals surface area contributed by atoms with Crippen LogP contribution in [0.15, 0.2) is 0 Å². The molecule has 0 rings (SSSR count). The summed E-state index contributed by atoms with van der Waals surface area (Å²) in [5.41, 5.74) is 5.71. The second kappa shape index (κ2) is 4.78. The molecule has 3 heteroatoms. The molecule has 0 aliphatic rings. The molecule has 0 aromatic heterocycles. The van der Waals surface area contributed by atoms with E-state index < -0.39 is 0 Å². The number of hydrogen-bond donors (Lipinski definition) is 1. The third kappa shape index (κ3) is 2.98. The summed E-state index contributed by atoms with van der Waals surface area (Å²) >= 11 is 0. The molecule has 0 aromatic rings. The molecule has 1 amide bonds. The molecule has 0 bridgehead atoms. The van der Waals surface area contributed by atoms with Crippen LogP contribution in [0.1, 0.15) is 41.0 Å². The van der Waals surface area contributed by atoms with Crippen LogP contribution in [0.25, 0.3) is 0 Å². The van der Waals surface area contributed by atoms with E-state index in [2.05, 4.69) is 20.8 Å². The summed E-state index contributed by atoms with van der Waals surface area (Å²) in [4.78, 5) is 13.7. The van der Waals surface area contributed by atoms with Crippen LogP contribution in [0.4, 0.5) is 0 Å². The third-order valence-corrected chi connectivity index (χ3v) is 3.11. The number of likely N-dealkylation sites (N-methyl/N-ethyl adjacent to an activating group) is 1. The van der Waals surface area contributed by atoms with Crippen molar-refractivity contribution in [2.75, 3.05) is 7.05 Å². The molecule has 0 saturated heterocycles. The second-order valence-corrected chi connectivity index (χ2v) is 4.83. The molecule has 14 heavy (non-hydrogen) atoms. The molecule has 0 fully saturated rings. The number of amides is 1. The molecule has 3 nitrogen and oxygen atoms in total. The van der Waals surface area contributed by atoms with Crippen molar-refractivity contribution < 1.29 is 4.79 Å². The van der Waals surface area contributed by atoms with E-state index >= 15 is 0 Å². The minimum absolute atomic E-state index is 0.0341. The van der Waals surface area contributed by atoms with Crippen molar-refractivity contribution in [2.45, 2.75) is 52.6 Å². The molecular formula is C11H24N2O. The van der Waals surface area contributed by atoms with Crippen molar-refractivity contribution in [3.05, 3.63) is 0 Å². The molecular weight excluding hydrogens is 176 g/mol. The molecule has 1 unspecified atom stereocenters. The normalized spacial score (nSPS) is 14.3. The van der Waals surface area contributed by atoms with Gasteiger partial charge in [0.2, 0.25) is 5.91 Å². The molecule has 2 N–H and O–H groups in total. The predicted molar refractivity (Wildman–Crippen MR) is 60.0 cm³/mol. The lowest BCUT2D eigenvalue weighted by Gasteiger charge is -2.37. The van der Waals surface area contributed by atoms with Crippen LogP contribution in [-0.4, -0.2) is 29.4 Å². The molecule has 0 saturated carbocycles. The van der Waals surface area contributed by atoms with Crippen molar-refractivity contribution in [3.8, 4) is 0 Å². The van der Waals surface area contributed by atoms with Crippen LogP contribution in [0.5, 0.6) is 0 Å². The van der Waals surface area contributed by atoms with E-state index in [-0.39, 0.29) is 23.4 Å². The van der Waals surface area contributed by atoms with E-state index in [1.54, 1.807) is 4.90 Å². The number of carbonyl (C=O) groups is 1. The number of nitrogens with zero attached hydrogens (tertiary/aromatic N) is 1. The summed E-state index contributed by atoms with van der Waals surface area (Å²) in [6.45, 7) is 10.1. The summed E-state index contributed by atoms with van der Waals surface area (Å²) in [6.07, 6.45) is 0.931. The van der Waals surface area contributed by atoms with Gasteiger partial charge in [0.25, 0.3) is 0 Å². The fourth-order valence-corrected chi connectivity index (χ4v) is 1.04.